The number of nitrogen functional groups attached to an aromatic ring is 1. The Kier molecular flexibility index (Phi) is 3.53. The van der Waals surface area contributed by atoms with Crippen molar-refractivity contribution in [2.45, 2.75) is 0 Å². The Balaban J connectivity index is 2.46. The van der Waals surface area contributed by atoms with Crippen molar-refractivity contribution in [3.05, 3.63) is 52.5 Å². The molecule has 4 N–H and O–H groups in total. The molecule has 0 radical (unpaired) electrons. The zero-order valence-electron chi connectivity index (χ0n) is 9.39. The van der Waals surface area contributed by atoms with Crippen molar-refractivity contribution < 1.29 is 9.53 Å². The summed E-state index contributed by atoms with van der Waals surface area (Å²) in [6.07, 6.45) is 0. The van der Waals surface area contributed by atoms with Crippen LogP contribution in [0.1, 0.15) is 10.4 Å². The normalized spacial score (nSPS) is 10.1. The molecule has 0 atom stereocenters. The van der Waals surface area contributed by atoms with Crippen LogP contribution in [0, 0.1) is 0 Å². The Labute approximate surface area is 113 Å². The van der Waals surface area contributed by atoms with Crippen molar-refractivity contribution in [1.29, 1.82) is 0 Å². The average molecular weight is 307 g/mol. The SMILES string of the molecule is NC(=O)c1cccc(N)c1Oc1ccccc1Br. The van der Waals surface area contributed by atoms with Gasteiger partial charge in [0.15, 0.2) is 5.75 Å². The molecule has 0 saturated heterocycles. The molecule has 0 spiro atoms. The van der Waals surface area contributed by atoms with Crippen LogP contribution >= 0.6 is 15.9 Å². The number of anilines is 1. The summed E-state index contributed by atoms with van der Waals surface area (Å²) in [5.41, 5.74) is 11.7. The third-order valence-electron chi connectivity index (χ3n) is 2.36. The Hall–Kier alpha value is -2.01. The highest BCUT2D eigenvalue weighted by Gasteiger charge is 2.14. The average Bonchev–Trinajstić information content (AvgIpc) is 2.34. The molecule has 0 fully saturated rings. The number of rotatable bonds is 3. The van der Waals surface area contributed by atoms with Gasteiger partial charge in [-0.15, -0.1) is 0 Å². The van der Waals surface area contributed by atoms with E-state index in [0.29, 0.717) is 11.4 Å². The van der Waals surface area contributed by atoms with Crippen LogP contribution in [0.3, 0.4) is 0 Å². The van der Waals surface area contributed by atoms with Crippen molar-refractivity contribution in [1.82, 2.24) is 0 Å². The molecular formula is C13H11BrN2O2. The summed E-state index contributed by atoms with van der Waals surface area (Å²) in [6.45, 7) is 0. The van der Waals surface area contributed by atoms with Gasteiger partial charge in [-0.3, -0.25) is 4.79 Å². The van der Waals surface area contributed by atoms with E-state index in [1.165, 1.54) is 0 Å². The lowest BCUT2D eigenvalue weighted by Gasteiger charge is -2.12. The first-order valence-corrected chi connectivity index (χ1v) is 5.99. The molecule has 0 bridgehead atoms. The fraction of sp³-hybridized carbons (Fsp3) is 0. The van der Waals surface area contributed by atoms with E-state index in [9.17, 15) is 4.79 Å². The molecule has 0 aromatic heterocycles. The lowest BCUT2D eigenvalue weighted by atomic mass is 10.1. The number of ether oxygens (including phenoxy) is 1. The van der Waals surface area contributed by atoms with Crippen molar-refractivity contribution in [3.8, 4) is 11.5 Å². The van der Waals surface area contributed by atoms with Crippen molar-refractivity contribution in [2.75, 3.05) is 5.73 Å². The van der Waals surface area contributed by atoms with Gasteiger partial charge in [-0.1, -0.05) is 18.2 Å². The Morgan fingerprint density at radius 2 is 1.83 bits per heavy atom. The molecule has 4 nitrogen and oxygen atoms in total. The largest absolute Gasteiger partial charge is 0.453 e. The number of hydrogen-bond donors (Lipinski definition) is 2. The van der Waals surface area contributed by atoms with Crippen LogP contribution in [0.2, 0.25) is 0 Å². The third-order valence-corrected chi connectivity index (χ3v) is 3.01. The Morgan fingerprint density at radius 1 is 1.11 bits per heavy atom. The molecule has 2 aromatic carbocycles. The molecule has 0 saturated carbocycles. The molecule has 0 unspecified atom stereocenters. The Bertz CT molecular complexity index is 599. The van der Waals surface area contributed by atoms with Crippen LogP contribution in [-0.4, -0.2) is 5.91 Å². The second-order valence-corrected chi connectivity index (χ2v) is 4.47. The summed E-state index contributed by atoms with van der Waals surface area (Å²) < 4.78 is 6.43. The summed E-state index contributed by atoms with van der Waals surface area (Å²) in [5.74, 6) is 0.263. The highest BCUT2D eigenvalue weighted by Crippen LogP contribution is 2.34. The first-order valence-electron chi connectivity index (χ1n) is 5.20. The van der Waals surface area contributed by atoms with E-state index in [1.807, 2.05) is 18.2 Å². The molecule has 5 heteroatoms. The van der Waals surface area contributed by atoms with Gasteiger partial charge in [0.05, 0.1) is 15.7 Å². The maximum atomic E-state index is 11.3. The summed E-state index contributed by atoms with van der Waals surface area (Å²) in [4.78, 5) is 11.3. The third kappa shape index (κ3) is 2.46. The van der Waals surface area contributed by atoms with Gasteiger partial charge in [0.1, 0.15) is 5.75 Å². The minimum absolute atomic E-state index is 0.255. The maximum absolute atomic E-state index is 11.3. The summed E-state index contributed by atoms with van der Waals surface area (Å²) in [7, 11) is 0. The van der Waals surface area contributed by atoms with Gasteiger partial charge in [-0.05, 0) is 40.2 Å². The number of para-hydroxylation sites is 2. The maximum Gasteiger partial charge on any atom is 0.252 e. The van der Waals surface area contributed by atoms with Crippen molar-refractivity contribution >= 4 is 27.5 Å². The van der Waals surface area contributed by atoms with Crippen molar-refractivity contribution in [2.24, 2.45) is 5.73 Å². The van der Waals surface area contributed by atoms with Crippen LogP contribution in [-0.2, 0) is 0 Å². The van der Waals surface area contributed by atoms with Crippen molar-refractivity contribution in [3.63, 3.8) is 0 Å². The molecule has 0 aliphatic carbocycles. The van der Waals surface area contributed by atoms with Crippen LogP contribution in [0.4, 0.5) is 5.69 Å². The molecule has 0 aliphatic rings. The van der Waals surface area contributed by atoms with Crippen LogP contribution < -0.4 is 16.2 Å². The monoisotopic (exact) mass is 306 g/mol. The number of nitrogens with two attached hydrogens (primary N) is 2. The summed E-state index contributed by atoms with van der Waals surface area (Å²) >= 11 is 3.36. The first kappa shape index (κ1) is 12.4. The predicted molar refractivity (Wildman–Crippen MR) is 73.6 cm³/mol. The van der Waals surface area contributed by atoms with Gasteiger partial charge in [0.2, 0.25) is 0 Å². The molecule has 2 aromatic rings. The van der Waals surface area contributed by atoms with Gasteiger partial charge < -0.3 is 16.2 Å². The molecule has 0 heterocycles. The molecular weight excluding hydrogens is 296 g/mol. The number of hydrogen-bond acceptors (Lipinski definition) is 3. The fourth-order valence-corrected chi connectivity index (χ4v) is 1.87. The smallest absolute Gasteiger partial charge is 0.252 e. The van der Waals surface area contributed by atoms with E-state index in [-0.39, 0.29) is 11.3 Å². The van der Waals surface area contributed by atoms with Gasteiger partial charge in [-0.25, -0.2) is 0 Å². The number of benzene rings is 2. The second kappa shape index (κ2) is 5.10. The number of halogens is 1. The van der Waals surface area contributed by atoms with E-state index in [4.69, 9.17) is 16.2 Å². The number of carbonyl (C=O) groups is 1. The molecule has 92 valence electrons. The van der Waals surface area contributed by atoms with Crippen LogP contribution in [0.25, 0.3) is 0 Å². The van der Waals surface area contributed by atoms with E-state index < -0.39 is 5.91 Å². The number of primary amides is 1. The number of carbonyl (C=O) groups excluding carboxylic acids is 1. The van der Waals surface area contributed by atoms with E-state index >= 15 is 0 Å². The molecule has 2 rings (SSSR count). The van der Waals surface area contributed by atoms with Gasteiger partial charge >= 0.3 is 0 Å². The Morgan fingerprint density at radius 3 is 2.50 bits per heavy atom. The highest BCUT2D eigenvalue weighted by atomic mass is 79.9. The number of amides is 1. The van der Waals surface area contributed by atoms with Gasteiger partial charge in [-0.2, -0.15) is 0 Å². The zero-order valence-corrected chi connectivity index (χ0v) is 11.0. The van der Waals surface area contributed by atoms with E-state index in [2.05, 4.69) is 15.9 Å². The summed E-state index contributed by atoms with van der Waals surface area (Å²) in [5, 5.41) is 0. The molecule has 1 amide bonds. The lowest BCUT2D eigenvalue weighted by Crippen LogP contribution is -2.13. The second-order valence-electron chi connectivity index (χ2n) is 3.62. The quantitative estimate of drug-likeness (QED) is 0.856. The van der Waals surface area contributed by atoms with Gasteiger partial charge in [0, 0.05) is 0 Å². The fourth-order valence-electron chi connectivity index (χ4n) is 1.50. The standard InChI is InChI=1S/C13H11BrN2O2/c14-9-5-1-2-7-11(9)18-12-8(13(16)17)4-3-6-10(12)15/h1-7H,15H2,(H2,16,17). The molecule has 18 heavy (non-hydrogen) atoms. The van der Waals surface area contributed by atoms with E-state index in [1.54, 1.807) is 24.3 Å². The van der Waals surface area contributed by atoms with Crippen LogP contribution in [0.5, 0.6) is 11.5 Å². The summed E-state index contributed by atoms with van der Waals surface area (Å²) in [6, 6.07) is 12.2. The van der Waals surface area contributed by atoms with Gasteiger partial charge in [0.25, 0.3) is 5.91 Å². The lowest BCUT2D eigenvalue weighted by molar-refractivity contribution is 0.0998. The topological polar surface area (TPSA) is 78.3 Å². The molecule has 0 aliphatic heterocycles. The minimum atomic E-state index is -0.579. The zero-order chi connectivity index (χ0) is 13.1. The predicted octanol–water partition coefficient (Wildman–Crippen LogP) is 2.92. The van der Waals surface area contributed by atoms with E-state index in [0.717, 1.165) is 4.47 Å². The highest BCUT2D eigenvalue weighted by molar-refractivity contribution is 9.10. The minimum Gasteiger partial charge on any atom is -0.453 e. The van der Waals surface area contributed by atoms with Crippen LogP contribution in [0.15, 0.2) is 46.9 Å². The first-order chi connectivity index (χ1) is 8.59.